The van der Waals surface area contributed by atoms with Crippen molar-refractivity contribution in [3.8, 4) is 6.07 Å². The number of hydrogen-bond acceptors (Lipinski definition) is 2. The number of nitrogens with zero attached hydrogens (tertiary/aromatic N) is 1. The van der Waals surface area contributed by atoms with Crippen molar-refractivity contribution in [3.05, 3.63) is 0 Å². The molecule has 2 N–H and O–H groups in total. The summed E-state index contributed by atoms with van der Waals surface area (Å²) in [4.78, 5) is 12.1. The van der Waals surface area contributed by atoms with Gasteiger partial charge in [0.05, 0.1) is 6.07 Å². The Hall–Kier alpha value is -1.24. The van der Waals surface area contributed by atoms with E-state index in [0.717, 1.165) is 37.0 Å². The maximum absolute atomic E-state index is 12.1. The minimum atomic E-state index is -0.799. The molecule has 4 bridgehead atoms. The average molecular weight is 261 g/mol. The number of urea groups is 1. The highest BCUT2D eigenvalue weighted by atomic mass is 16.2. The fraction of sp³-hybridized carbons (Fsp3) is 0.867. The van der Waals surface area contributed by atoms with Gasteiger partial charge in [0.15, 0.2) is 0 Å². The predicted octanol–water partition coefficient (Wildman–Crippen LogP) is 2.56. The molecule has 4 heteroatoms. The third-order valence-electron chi connectivity index (χ3n) is 5.12. The van der Waals surface area contributed by atoms with E-state index in [4.69, 9.17) is 5.26 Å². The van der Waals surface area contributed by atoms with Crippen LogP contribution < -0.4 is 10.6 Å². The Balaban J connectivity index is 1.67. The molecule has 4 fully saturated rings. The van der Waals surface area contributed by atoms with Gasteiger partial charge in [-0.2, -0.15) is 5.26 Å². The number of rotatable bonds is 2. The van der Waals surface area contributed by atoms with Crippen LogP contribution in [0.2, 0.25) is 0 Å². The molecule has 0 spiro atoms. The molecule has 0 aromatic rings. The second-order valence-electron chi connectivity index (χ2n) is 7.51. The molecule has 0 aliphatic heterocycles. The van der Waals surface area contributed by atoms with Crippen molar-refractivity contribution in [1.29, 1.82) is 5.26 Å². The minimum Gasteiger partial charge on any atom is -0.333 e. The summed E-state index contributed by atoms with van der Waals surface area (Å²) in [6.45, 7) is 3.46. The fourth-order valence-electron chi connectivity index (χ4n) is 4.85. The third kappa shape index (κ3) is 2.43. The molecule has 104 valence electrons. The highest BCUT2D eigenvalue weighted by Gasteiger charge is 2.51. The first kappa shape index (κ1) is 12.8. The van der Waals surface area contributed by atoms with Gasteiger partial charge >= 0.3 is 6.03 Å². The topological polar surface area (TPSA) is 64.9 Å². The summed E-state index contributed by atoms with van der Waals surface area (Å²) in [5.41, 5.74) is -0.781. The Bertz CT molecular complexity index is 400. The van der Waals surface area contributed by atoms with Crippen LogP contribution in [0.25, 0.3) is 0 Å². The molecule has 0 saturated heterocycles. The van der Waals surface area contributed by atoms with Gasteiger partial charge in [-0.25, -0.2) is 4.79 Å². The largest absolute Gasteiger partial charge is 0.333 e. The zero-order valence-electron chi connectivity index (χ0n) is 11.8. The van der Waals surface area contributed by atoms with Gasteiger partial charge < -0.3 is 10.6 Å². The number of carbonyl (C=O) groups excluding carboxylic acids is 1. The van der Waals surface area contributed by atoms with Gasteiger partial charge in [-0.15, -0.1) is 0 Å². The molecule has 0 atom stereocenters. The van der Waals surface area contributed by atoms with Crippen LogP contribution in [0.5, 0.6) is 0 Å². The monoisotopic (exact) mass is 261 g/mol. The third-order valence-corrected chi connectivity index (χ3v) is 5.12. The summed E-state index contributed by atoms with van der Waals surface area (Å²) in [5, 5.41) is 15.0. The van der Waals surface area contributed by atoms with Gasteiger partial charge in [0, 0.05) is 5.54 Å². The summed E-state index contributed by atoms with van der Waals surface area (Å²) in [6.07, 6.45) is 7.52. The van der Waals surface area contributed by atoms with Gasteiger partial charge in [0.25, 0.3) is 0 Å². The molecule has 0 heterocycles. The molecule has 0 aromatic heterocycles. The maximum Gasteiger partial charge on any atom is 0.316 e. The molecule has 19 heavy (non-hydrogen) atoms. The number of carbonyl (C=O) groups is 1. The zero-order chi connectivity index (χ0) is 13.7. The molecule has 0 aromatic carbocycles. The molecule has 2 amide bonds. The van der Waals surface area contributed by atoms with Crippen LogP contribution in [0.4, 0.5) is 4.79 Å². The molecule has 0 radical (unpaired) electrons. The van der Waals surface area contributed by atoms with Crippen molar-refractivity contribution in [3.63, 3.8) is 0 Å². The van der Waals surface area contributed by atoms with Crippen molar-refractivity contribution in [2.45, 2.75) is 63.5 Å². The van der Waals surface area contributed by atoms with E-state index in [2.05, 4.69) is 16.7 Å². The fourth-order valence-corrected chi connectivity index (χ4v) is 4.85. The lowest BCUT2D eigenvalue weighted by atomic mass is 9.53. The van der Waals surface area contributed by atoms with Gasteiger partial charge in [-0.05, 0) is 70.1 Å². The van der Waals surface area contributed by atoms with E-state index >= 15 is 0 Å². The van der Waals surface area contributed by atoms with Crippen LogP contribution in [0.15, 0.2) is 0 Å². The lowest BCUT2D eigenvalue weighted by Gasteiger charge is -2.56. The highest BCUT2D eigenvalue weighted by molar-refractivity contribution is 5.76. The van der Waals surface area contributed by atoms with Crippen LogP contribution in [-0.2, 0) is 0 Å². The van der Waals surface area contributed by atoms with Crippen LogP contribution in [0.1, 0.15) is 52.4 Å². The van der Waals surface area contributed by atoms with Crippen LogP contribution in [-0.4, -0.2) is 17.1 Å². The number of hydrogen-bond donors (Lipinski definition) is 2. The van der Waals surface area contributed by atoms with E-state index in [1.807, 2.05) is 0 Å². The summed E-state index contributed by atoms with van der Waals surface area (Å²) >= 11 is 0. The highest BCUT2D eigenvalue weighted by Crippen LogP contribution is 2.55. The molecule has 4 nitrogen and oxygen atoms in total. The van der Waals surface area contributed by atoms with Crippen molar-refractivity contribution in [2.75, 3.05) is 0 Å². The van der Waals surface area contributed by atoms with E-state index < -0.39 is 5.54 Å². The van der Waals surface area contributed by atoms with E-state index in [0.29, 0.717) is 0 Å². The quantitative estimate of drug-likeness (QED) is 0.802. The number of nitriles is 1. The zero-order valence-corrected chi connectivity index (χ0v) is 11.8. The van der Waals surface area contributed by atoms with Gasteiger partial charge in [-0.3, -0.25) is 0 Å². The van der Waals surface area contributed by atoms with Crippen LogP contribution in [0, 0.1) is 29.1 Å². The molecular weight excluding hydrogens is 238 g/mol. The van der Waals surface area contributed by atoms with Gasteiger partial charge in [0.2, 0.25) is 0 Å². The lowest BCUT2D eigenvalue weighted by Crippen LogP contribution is -2.63. The second-order valence-corrected chi connectivity index (χ2v) is 7.51. The predicted molar refractivity (Wildman–Crippen MR) is 72.3 cm³/mol. The normalized spacial score (nSPS) is 39.7. The first-order chi connectivity index (χ1) is 8.90. The maximum atomic E-state index is 12.1. The van der Waals surface area contributed by atoms with Crippen LogP contribution in [0.3, 0.4) is 0 Å². The Morgan fingerprint density at radius 2 is 1.63 bits per heavy atom. The SMILES string of the molecule is CC(C)(C#N)NC(=O)NC12CC3CC(CC(C3)C1)C2. The average Bonchev–Trinajstić information content (AvgIpc) is 2.25. The molecule has 4 saturated carbocycles. The first-order valence-electron chi connectivity index (χ1n) is 7.41. The van der Waals surface area contributed by atoms with Crippen LogP contribution >= 0.6 is 0 Å². The molecule has 4 aliphatic rings. The molecule has 4 rings (SSSR count). The lowest BCUT2D eigenvalue weighted by molar-refractivity contribution is -0.0137. The standard InChI is InChI=1S/C15H23N3O/c1-14(2,9-16)17-13(19)18-15-6-10-3-11(7-15)5-12(4-10)8-15/h10-12H,3-8H2,1-2H3,(H2,17,18,19). The Labute approximate surface area is 114 Å². The minimum absolute atomic E-state index is 0.0182. The number of nitrogens with one attached hydrogen (secondary N) is 2. The van der Waals surface area contributed by atoms with E-state index in [9.17, 15) is 4.79 Å². The summed E-state index contributed by atoms with van der Waals surface area (Å²) in [7, 11) is 0. The van der Waals surface area contributed by atoms with E-state index in [1.165, 1.54) is 19.3 Å². The van der Waals surface area contributed by atoms with Crippen molar-refractivity contribution in [2.24, 2.45) is 17.8 Å². The van der Waals surface area contributed by atoms with E-state index in [1.54, 1.807) is 13.8 Å². The number of amides is 2. The molecule has 4 aliphatic carbocycles. The van der Waals surface area contributed by atoms with Gasteiger partial charge in [-0.1, -0.05) is 0 Å². The van der Waals surface area contributed by atoms with Crippen molar-refractivity contribution < 1.29 is 4.79 Å². The van der Waals surface area contributed by atoms with Crippen molar-refractivity contribution in [1.82, 2.24) is 10.6 Å². The van der Waals surface area contributed by atoms with E-state index in [-0.39, 0.29) is 11.6 Å². The Kier molecular flexibility index (Phi) is 2.78. The van der Waals surface area contributed by atoms with Crippen molar-refractivity contribution >= 4 is 6.03 Å². The van der Waals surface area contributed by atoms with Gasteiger partial charge in [0.1, 0.15) is 5.54 Å². The Morgan fingerprint density at radius 3 is 2.05 bits per heavy atom. The smallest absolute Gasteiger partial charge is 0.316 e. The second kappa shape index (κ2) is 4.13. The Morgan fingerprint density at radius 1 is 1.16 bits per heavy atom. The molecule has 0 unspecified atom stereocenters. The summed E-state index contributed by atoms with van der Waals surface area (Å²) in [6, 6.07) is 1.94. The summed E-state index contributed by atoms with van der Waals surface area (Å²) in [5.74, 6) is 2.45. The molecular formula is C15H23N3O. The first-order valence-corrected chi connectivity index (χ1v) is 7.41. The summed E-state index contributed by atoms with van der Waals surface area (Å²) < 4.78 is 0.